The highest BCUT2D eigenvalue weighted by Gasteiger charge is 2.03. The van der Waals surface area contributed by atoms with Crippen LogP contribution in [0.2, 0.25) is 0 Å². The molecule has 3 heteroatoms. The fourth-order valence-corrected chi connectivity index (χ4v) is 1.33. The molecule has 1 atom stereocenters. The van der Waals surface area contributed by atoms with Crippen molar-refractivity contribution < 1.29 is 14.3 Å². The van der Waals surface area contributed by atoms with Gasteiger partial charge in [-0.3, -0.25) is 0 Å². The van der Waals surface area contributed by atoms with Crippen molar-refractivity contribution in [2.24, 2.45) is 0 Å². The van der Waals surface area contributed by atoms with Crippen LogP contribution >= 0.6 is 0 Å². The van der Waals surface area contributed by atoms with E-state index in [0.717, 1.165) is 17.7 Å². The maximum atomic E-state index is 11.4. The number of hydrogen-bond acceptors (Lipinski definition) is 3. The lowest BCUT2D eigenvalue weighted by atomic mass is 10.2. The summed E-state index contributed by atoms with van der Waals surface area (Å²) >= 11 is 0. The van der Waals surface area contributed by atoms with Crippen LogP contribution in [0.15, 0.2) is 30.3 Å². The molecule has 1 aromatic carbocycles. The van der Waals surface area contributed by atoms with Gasteiger partial charge in [-0.15, -0.1) is 0 Å². The predicted octanol–water partition coefficient (Wildman–Crippen LogP) is 3.44. The lowest BCUT2D eigenvalue weighted by molar-refractivity contribution is -0.142. The van der Waals surface area contributed by atoms with Gasteiger partial charge >= 0.3 is 5.97 Å². The molecule has 1 aromatic rings. The molecule has 0 aromatic heterocycles. The molecule has 0 heterocycles. The molecule has 0 saturated heterocycles. The van der Waals surface area contributed by atoms with E-state index in [9.17, 15) is 4.79 Å². The molecule has 18 heavy (non-hydrogen) atoms. The van der Waals surface area contributed by atoms with Crippen molar-refractivity contribution in [3.63, 3.8) is 0 Å². The molecule has 1 unspecified atom stereocenters. The molecule has 0 N–H and O–H groups in total. The van der Waals surface area contributed by atoms with Crippen LogP contribution in [0.25, 0.3) is 6.08 Å². The molecule has 0 aliphatic rings. The maximum absolute atomic E-state index is 11.4. The van der Waals surface area contributed by atoms with Crippen molar-refractivity contribution in [2.75, 3.05) is 6.61 Å². The van der Waals surface area contributed by atoms with Gasteiger partial charge in [-0.25, -0.2) is 4.79 Å². The van der Waals surface area contributed by atoms with Gasteiger partial charge in [0.25, 0.3) is 0 Å². The Morgan fingerprint density at radius 1 is 1.28 bits per heavy atom. The molecular weight excluding hydrogens is 228 g/mol. The van der Waals surface area contributed by atoms with Gasteiger partial charge < -0.3 is 9.47 Å². The third-order valence-electron chi connectivity index (χ3n) is 2.50. The van der Waals surface area contributed by atoms with Crippen molar-refractivity contribution >= 4 is 12.0 Å². The first-order valence-electron chi connectivity index (χ1n) is 6.27. The zero-order valence-corrected chi connectivity index (χ0v) is 11.2. The Morgan fingerprint density at radius 3 is 2.50 bits per heavy atom. The zero-order valence-electron chi connectivity index (χ0n) is 11.2. The number of carbonyl (C=O) groups is 1. The van der Waals surface area contributed by atoms with Crippen molar-refractivity contribution in [3.05, 3.63) is 35.9 Å². The summed E-state index contributed by atoms with van der Waals surface area (Å²) in [7, 11) is 0. The van der Waals surface area contributed by atoms with E-state index in [1.165, 1.54) is 6.08 Å². The monoisotopic (exact) mass is 248 g/mol. The van der Waals surface area contributed by atoms with Gasteiger partial charge in [0.2, 0.25) is 0 Å². The van der Waals surface area contributed by atoms with Crippen LogP contribution in [0.5, 0.6) is 5.75 Å². The molecule has 98 valence electrons. The fourth-order valence-electron chi connectivity index (χ4n) is 1.33. The van der Waals surface area contributed by atoms with Crippen LogP contribution in [-0.2, 0) is 9.53 Å². The Kier molecular flexibility index (Phi) is 5.98. The smallest absolute Gasteiger partial charge is 0.331 e. The van der Waals surface area contributed by atoms with Crippen LogP contribution in [0.1, 0.15) is 32.8 Å². The van der Waals surface area contributed by atoms with Gasteiger partial charge in [0.05, 0.1) is 12.7 Å². The lowest BCUT2D eigenvalue weighted by Crippen LogP contribution is -2.11. The molecule has 0 aliphatic carbocycles. The van der Waals surface area contributed by atoms with Crippen molar-refractivity contribution in [3.8, 4) is 5.75 Å². The van der Waals surface area contributed by atoms with E-state index < -0.39 is 0 Å². The molecule has 0 radical (unpaired) electrons. The van der Waals surface area contributed by atoms with Crippen LogP contribution in [0.3, 0.4) is 0 Å². The first kappa shape index (κ1) is 14.3. The minimum atomic E-state index is -0.307. The van der Waals surface area contributed by atoms with E-state index in [-0.39, 0.29) is 12.1 Å². The van der Waals surface area contributed by atoms with Crippen LogP contribution in [0, 0.1) is 0 Å². The largest absolute Gasteiger partial charge is 0.494 e. The van der Waals surface area contributed by atoms with Crippen LogP contribution in [-0.4, -0.2) is 18.7 Å². The van der Waals surface area contributed by atoms with Crippen LogP contribution in [0.4, 0.5) is 0 Å². The summed E-state index contributed by atoms with van der Waals surface area (Å²) in [6.07, 6.45) is 3.97. The van der Waals surface area contributed by atoms with Crippen molar-refractivity contribution in [1.29, 1.82) is 0 Å². The standard InChI is InChI=1S/C15H20O3/c1-4-12(3)18-15(16)11-8-13-6-9-14(10-7-13)17-5-2/h6-12H,4-5H2,1-3H3. The SMILES string of the molecule is CCOc1ccc(C=CC(=O)OC(C)CC)cc1. The number of rotatable bonds is 6. The molecule has 0 fully saturated rings. The normalized spacial score (nSPS) is 12.4. The average Bonchev–Trinajstić information content (AvgIpc) is 2.38. The van der Waals surface area contributed by atoms with E-state index >= 15 is 0 Å². The molecule has 1 rings (SSSR count). The van der Waals surface area contributed by atoms with E-state index in [2.05, 4.69) is 0 Å². The molecule has 0 aliphatic heterocycles. The summed E-state index contributed by atoms with van der Waals surface area (Å²) in [5, 5.41) is 0. The lowest BCUT2D eigenvalue weighted by Gasteiger charge is -2.07. The van der Waals surface area contributed by atoms with E-state index in [1.807, 2.05) is 45.0 Å². The first-order chi connectivity index (χ1) is 8.65. The molecule has 0 bridgehead atoms. The molecular formula is C15H20O3. The highest BCUT2D eigenvalue weighted by atomic mass is 16.5. The average molecular weight is 248 g/mol. The molecule has 3 nitrogen and oxygen atoms in total. The van der Waals surface area contributed by atoms with Gasteiger partial charge in [-0.05, 0) is 44.0 Å². The molecule has 0 spiro atoms. The number of esters is 1. The van der Waals surface area contributed by atoms with E-state index in [4.69, 9.17) is 9.47 Å². The van der Waals surface area contributed by atoms with E-state index in [0.29, 0.717) is 6.61 Å². The topological polar surface area (TPSA) is 35.5 Å². The third kappa shape index (κ3) is 5.04. The van der Waals surface area contributed by atoms with Crippen LogP contribution < -0.4 is 4.74 Å². The van der Waals surface area contributed by atoms with Crippen molar-refractivity contribution in [1.82, 2.24) is 0 Å². The zero-order chi connectivity index (χ0) is 13.4. The number of ether oxygens (including phenoxy) is 2. The van der Waals surface area contributed by atoms with Gasteiger partial charge in [-0.2, -0.15) is 0 Å². The summed E-state index contributed by atoms with van der Waals surface area (Å²) in [4.78, 5) is 11.4. The highest BCUT2D eigenvalue weighted by Crippen LogP contribution is 2.13. The fraction of sp³-hybridized carbons (Fsp3) is 0.400. The summed E-state index contributed by atoms with van der Waals surface area (Å²) in [5.41, 5.74) is 0.944. The maximum Gasteiger partial charge on any atom is 0.331 e. The third-order valence-corrected chi connectivity index (χ3v) is 2.50. The number of benzene rings is 1. The van der Waals surface area contributed by atoms with Gasteiger partial charge in [0.1, 0.15) is 5.75 Å². The Bertz CT molecular complexity index is 393. The summed E-state index contributed by atoms with van der Waals surface area (Å²) < 4.78 is 10.5. The van der Waals surface area contributed by atoms with Gasteiger partial charge in [0.15, 0.2) is 0 Å². The van der Waals surface area contributed by atoms with Gasteiger partial charge in [0, 0.05) is 6.08 Å². The minimum Gasteiger partial charge on any atom is -0.494 e. The van der Waals surface area contributed by atoms with E-state index in [1.54, 1.807) is 6.08 Å². The summed E-state index contributed by atoms with van der Waals surface area (Å²) in [5.74, 6) is 0.523. The summed E-state index contributed by atoms with van der Waals surface area (Å²) in [6, 6.07) is 7.56. The Labute approximate surface area is 108 Å². The second-order valence-electron chi connectivity index (χ2n) is 3.99. The number of hydrogen-bond donors (Lipinski definition) is 0. The Hall–Kier alpha value is -1.77. The minimum absolute atomic E-state index is 0.0394. The predicted molar refractivity (Wildman–Crippen MR) is 72.5 cm³/mol. The quantitative estimate of drug-likeness (QED) is 0.571. The highest BCUT2D eigenvalue weighted by molar-refractivity contribution is 5.87. The van der Waals surface area contributed by atoms with Crippen molar-refractivity contribution in [2.45, 2.75) is 33.3 Å². The Balaban J connectivity index is 2.53. The molecule has 0 saturated carbocycles. The first-order valence-corrected chi connectivity index (χ1v) is 6.27. The second-order valence-corrected chi connectivity index (χ2v) is 3.99. The Morgan fingerprint density at radius 2 is 1.94 bits per heavy atom. The van der Waals surface area contributed by atoms with Gasteiger partial charge in [-0.1, -0.05) is 19.1 Å². The second kappa shape index (κ2) is 7.54. The summed E-state index contributed by atoms with van der Waals surface area (Å²) in [6.45, 7) is 6.45. The number of carbonyl (C=O) groups excluding carboxylic acids is 1. The molecule has 0 amide bonds.